The average molecular weight is 386 g/mol. The lowest BCUT2D eigenvalue weighted by molar-refractivity contribution is -0.152. The highest BCUT2D eigenvalue weighted by Crippen LogP contribution is 2.61. The number of hydrogen-bond acceptors (Lipinski definition) is 4. The van der Waals surface area contributed by atoms with Gasteiger partial charge < -0.3 is 15.2 Å². The van der Waals surface area contributed by atoms with Gasteiger partial charge in [0.1, 0.15) is 6.10 Å². The third-order valence-corrected chi connectivity index (χ3v) is 7.01. The maximum Gasteiger partial charge on any atom is 0.331 e. The molecule has 2 atom stereocenters. The van der Waals surface area contributed by atoms with Gasteiger partial charge in [0.15, 0.2) is 6.04 Å². The molecule has 4 bridgehead atoms. The molecule has 0 spiro atoms. The summed E-state index contributed by atoms with van der Waals surface area (Å²) in [6.45, 7) is 1.93. The highest BCUT2D eigenvalue weighted by atomic mass is 16.5. The van der Waals surface area contributed by atoms with E-state index in [0.717, 1.165) is 37.0 Å². The van der Waals surface area contributed by atoms with Crippen molar-refractivity contribution in [2.24, 2.45) is 23.2 Å². The van der Waals surface area contributed by atoms with Gasteiger partial charge in [-0.1, -0.05) is 30.3 Å². The van der Waals surface area contributed by atoms with Crippen LogP contribution in [-0.4, -0.2) is 29.6 Å². The van der Waals surface area contributed by atoms with Crippen LogP contribution in [0.3, 0.4) is 0 Å². The van der Waals surface area contributed by atoms with Crippen LogP contribution in [-0.2, 0) is 14.3 Å². The van der Waals surface area contributed by atoms with Crippen LogP contribution in [0.5, 0.6) is 0 Å². The summed E-state index contributed by atoms with van der Waals surface area (Å²) >= 11 is 0. The molecule has 152 valence electrons. The van der Waals surface area contributed by atoms with Crippen molar-refractivity contribution in [3.63, 3.8) is 0 Å². The molecule has 0 aliphatic heterocycles. The van der Waals surface area contributed by atoms with E-state index < -0.39 is 18.1 Å². The first-order valence-corrected chi connectivity index (χ1v) is 10.7. The summed E-state index contributed by atoms with van der Waals surface area (Å²) in [6, 6.07) is 7.88. The first kappa shape index (κ1) is 19.4. The molecule has 0 aromatic heterocycles. The van der Waals surface area contributed by atoms with Gasteiger partial charge in [-0.15, -0.1) is 0 Å². The molecule has 5 nitrogen and oxygen atoms in total. The van der Waals surface area contributed by atoms with E-state index in [0.29, 0.717) is 12.0 Å². The van der Waals surface area contributed by atoms with Crippen molar-refractivity contribution in [2.45, 2.75) is 64.0 Å². The van der Waals surface area contributed by atoms with Crippen LogP contribution in [0, 0.1) is 23.2 Å². The van der Waals surface area contributed by atoms with Gasteiger partial charge >= 0.3 is 5.97 Å². The molecule has 4 aliphatic carbocycles. The van der Waals surface area contributed by atoms with Crippen molar-refractivity contribution in [2.75, 3.05) is 6.61 Å². The van der Waals surface area contributed by atoms with Gasteiger partial charge in [0.25, 0.3) is 0 Å². The second-order valence-electron chi connectivity index (χ2n) is 9.25. The standard InChI is InChI=1S/C23H31NO4/c1-2-28-22(27)20(21(26)18-6-4-3-5-7-18)24-19(25)14-23-11-15-8-16(12-23)10-17(9-15)13-23/h3-7,15-17,20-21,26H,2,8-14H2,1H3,(H,24,25). The molecule has 5 rings (SSSR count). The Morgan fingerprint density at radius 2 is 1.68 bits per heavy atom. The molecule has 1 aromatic carbocycles. The van der Waals surface area contributed by atoms with E-state index in [1.807, 2.05) is 6.07 Å². The van der Waals surface area contributed by atoms with Crippen molar-refractivity contribution in [3.8, 4) is 0 Å². The number of aliphatic hydroxyl groups excluding tert-OH is 1. The molecular weight excluding hydrogens is 354 g/mol. The minimum Gasteiger partial charge on any atom is -0.464 e. The van der Waals surface area contributed by atoms with Gasteiger partial charge in [0.2, 0.25) is 5.91 Å². The number of nitrogens with one attached hydrogen (secondary N) is 1. The van der Waals surface area contributed by atoms with Gasteiger partial charge in [0.05, 0.1) is 6.61 Å². The van der Waals surface area contributed by atoms with Crippen LogP contribution < -0.4 is 5.32 Å². The number of carbonyl (C=O) groups excluding carboxylic acids is 2. The van der Waals surface area contributed by atoms with E-state index in [9.17, 15) is 14.7 Å². The summed E-state index contributed by atoms with van der Waals surface area (Å²) in [5, 5.41) is 13.6. The second-order valence-corrected chi connectivity index (χ2v) is 9.25. The molecule has 0 saturated heterocycles. The first-order valence-electron chi connectivity index (χ1n) is 10.7. The number of rotatable bonds is 7. The van der Waals surface area contributed by atoms with Crippen molar-refractivity contribution >= 4 is 11.9 Å². The molecule has 4 saturated carbocycles. The Kier molecular flexibility index (Phi) is 5.46. The van der Waals surface area contributed by atoms with E-state index in [1.54, 1.807) is 31.2 Å². The summed E-state index contributed by atoms with van der Waals surface area (Å²) in [7, 11) is 0. The van der Waals surface area contributed by atoms with Gasteiger partial charge in [0, 0.05) is 6.42 Å². The fraction of sp³-hybridized carbons (Fsp3) is 0.652. The van der Waals surface area contributed by atoms with Gasteiger partial charge in [-0.25, -0.2) is 4.79 Å². The minimum absolute atomic E-state index is 0.0930. The van der Waals surface area contributed by atoms with Crippen LogP contribution in [0.15, 0.2) is 30.3 Å². The third kappa shape index (κ3) is 3.95. The van der Waals surface area contributed by atoms with E-state index in [4.69, 9.17) is 4.74 Å². The molecule has 2 N–H and O–H groups in total. The Hall–Kier alpha value is -1.88. The topological polar surface area (TPSA) is 75.6 Å². The normalized spacial score (nSPS) is 32.6. The molecule has 4 fully saturated rings. The van der Waals surface area contributed by atoms with Crippen molar-refractivity contribution in [3.05, 3.63) is 35.9 Å². The SMILES string of the molecule is CCOC(=O)C(NC(=O)CC12CC3CC(CC(C3)C1)C2)C(O)c1ccccc1. The Morgan fingerprint density at radius 3 is 2.21 bits per heavy atom. The summed E-state index contributed by atoms with van der Waals surface area (Å²) < 4.78 is 5.13. The maximum absolute atomic E-state index is 13.0. The van der Waals surface area contributed by atoms with Crippen LogP contribution in [0.2, 0.25) is 0 Å². The number of benzene rings is 1. The van der Waals surface area contributed by atoms with Crippen LogP contribution in [0.4, 0.5) is 0 Å². The Balaban J connectivity index is 1.46. The third-order valence-electron chi connectivity index (χ3n) is 7.01. The highest BCUT2D eigenvalue weighted by molar-refractivity contribution is 5.85. The monoisotopic (exact) mass is 385 g/mol. The molecule has 0 heterocycles. The fourth-order valence-corrected chi connectivity index (χ4v) is 6.41. The van der Waals surface area contributed by atoms with Gasteiger partial charge in [-0.3, -0.25) is 4.79 Å². The lowest BCUT2D eigenvalue weighted by atomic mass is 9.49. The zero-order valence-corrected chi connectivity index (χ0v) is 16.6. The number of amides is 1. The Bertz CT molecular complexity index is 681. The van der Waals surface area contributed by atoms with E-state index in [2.05, 4.69) is 5.32 Å². The number of carbonyl (C=O) groups is 2. The average Bonchev–Trinajstić information content (AvgIpc) is 2.65. The Morgan fingerprint density at radius 1 is 1.11 bits per heavy atom. The summed E-state index contributed by atoms with van der Waals surface area (Å²) in [5.74, 6) is 1.59. The molecule has 2 unspecified atom stereocenters. The second kappa shape index (κ2) is 7.86. The minimum atomic E-state index is -1.12. The van der Waals surface area contributed by atoms with Gasteiger partial charge in [-0.05, 0) is 74.2 Å². The molecule has 5 heteroatoms. The first-order chi connectivity index (χ1) is 13.5. The van der Waals surface area contributed by atoms with Crippen molar-refractivity contribution in [1.82, 2.24) is 5.32 Å². The van der Waals surface area contributed by atoms with E-state index >= 15 is 0 Å². The van der Waals surface area contributed by atoms with Crippen molar-refractivity contribution in [1.29, 1.82) is 0 Å². The fourth-order valence-electron chi connectivity index (χ4n) is 6.41. The molecular formula is C23H31NO4. The van der Waals surface area contributed by atoms with Gasteiger partial charge in [-0.2, -0.15) is 0 Å². The number of hydrogen-bond donors (Lipinski definition) is 2. The largest absolute Gasteiger partial charge is 0.464 e. The number of aliphatic hydroxyl groups is 1. The lowest BCUT2D eigenvalue weighted by Gasteiger charge is -2.56. The number of ether oxygens (including phenoxy) is 1. The summed E-state index contributed by atoms with van der Waals surface area (Å²) in [5.41, 5.74) is 0.686. The van der Waals surface area contributed by atoms with Crippen LogP contribution in [0.1, 0.15) is 63.5 Å². The highest BCUT2D eigenvalue weighted by Gasteiger charge is 2.51. The lowest BCUT2D eigenvalue weighted by Crippen LogP contribution is -2.51. The smallest absolute Gasteiger partial charge is 0.331 e. The summed E-state index contributed by atoms with van der Waals surface area (Å²) in [4.78, 5) is 25.4. The van der Waals surface area contributed by atoms with E-state index in [1.165, 1.54) is 19.3 Å². The zero-order chi connectivity index (χ0) is 19.7. The predicted molar refractivity (Wildman–Crippen MR) is 105 cm³/mol. The zero-order valence-electron chi connectivity index (χ0n) is 16.6. The molecule has 4 aliphatic rings. The predicted octanol–water partition coefficient (Wildman–Crippen LogP) is 3.37. The quantitative estimate of drug-likeness (QED) is 0.706. The van der Waals surface area contributed by atoms with Crippen molar-refractivity contribution < 1.29 is 19.4 Å². The molecule has 28 heavy (non-hydrogen) atoms. The molecule has 0 radical (unpaired) electrons. The maximum atomic E-state index is 13.0. The van der Waals surface area contributed by atoms with E-state index in [-0.39, 0.29) is 17.9 Å². The number of esters is 1. The summed E-state index contributed by atoms with van der Waals surface area (Å²) in [6.07, 6.45) is 6.73. The van der Waals surface area contributed by atoms with Crippen LogP contribution in [0.25, 0.3) is 0 Å². The molecule has 1 amide bonds. The Labute approximate surface area is 166 Å². The van der Waals surface area contributed by atoms with Crippen LogP contribution >= 0.6 is 0 Å². The molecule has 1 aromatic rings.